The van der Waals surface area contributed by atoms with Crippen LogP contribution in [0.4, 0.5) is 5.69 Å². The van der Waals surface area contributed by atoms with Crippen LogP contribution in [0.25, 0.3) is 11.4 Å². The van der Waals surface area contributed by atoms with Gasteiger partial charge in [0.05, 0.1) is 44.6 Å². The summed E-state index contributed by atoms with van der Waals surface area (Å²) in [5.41, 5.74) is 3.61. The van der Waals surface area contributed by atoms with Gasteiger partial charge < -0.3 is 44.7 Å². The number of aliphatic hydroxyl groups is 1. The second-order valence-corrected chi connectivity index (χ2v) is 15.7. The maximum Gasteiger partial charge on any atom is 0.303 e. The van der Waals surface area contributed by atoms with Crippen molar-refractivity contribution in [2.75, 3.05) is 78.3 Å². The van der Waals surface area contributed by atoms with E-state index in [2.05, 4.69) is 37.8 Å². The van der Waals surface area contributed by atoms with Crippen LogP contribution < -0.4 is 15.4 Å². The van der Waals surface area contributed by atoms with E-state index in [-0.39, 0.29) is 18.9 Å². The fraction of sp³-hybridized carbons (Fsp3) is 0.543. The highest BCUT2D eigenvalue weighted by Gasteiger charge is 2.39. The number of nitrogens with one attached hydrogen (secondary N) is 3. The molecule has 2 aromatic carbocycles. The summed E-state index contributed by atoms with van der Waals surface area (Å²) in [4.78, 5) is 35.7. The summed E-state index contributed by atoms with van der Waals surface area (Å²) in [6, 6.07) is 16.8. The number of aliphatic hydroxyl groups excluding tert-OH is 1. The topological polar surface area (TPSA) is 193 Å². The van der Waals surface area contributed by atoms with Gasteiger partial charge in [0.2, 0.25) is 0 Å². The Bertz CT molecular complexity index is 1890. The Labute approximate surface area is 360 Å². The van der Waals surface area contributed by atoms with Crippen molar-refractivity contribution >= 4 is 17.6 Å². The molecule has 1 atom stereocenters. The maximum absolute atomic E-state index is 13.8. The Morgan fingerprint density at radius 2 is 1.52 bits per heavy atom. The van der Waals surface area contributed by atoms with Gasteiger partial charge in [-0.05, 0) is 119 Å². The fourth-order valence-electron chi connectivity index (χ4n) is 7.35. The van der Waals surface area contributed by atoms with E-state index in [9.17, 15) is 14.7 Å². The number of likely N-dealkylation sites (tertiary alicyclic amines) is 1. The van der Waals surface area contributed by atoms with E-state index in [0.717, 1.165) is 98.4 Å². The predicted octanol–water partition coefficient (Wildman–Crippen LogP) is 6.70. The molecular formula is C46H65N7O8. The van der Waals surface area contributed by atoms with E-state index in [1.54, 1.807) is 18.5 Å². The number of aromatic amines is 1. The predicted molar refractivity (Wildman–Crippen MR) is 234 cm³/mol. The number of carboxylic acid groups (broad SMARTS) is 1. The highest BCUT2D eigenvalue weighted by Crippen LogP contribution is 2.36. The van der Waals surface area contributed by atoms with Crippen LogP contribution in [-0.4, -0.2) is 120 Å². The highest BCUT2D eigenvalue weighted by molar-refractivity contribution is 5.95. The molecule has 1 fully saturated rings. The van der Waals surface area contributed by atoms with Crippen LogP contribution in [-0.2, 0) is 24.5 Å². The van der Waals surface area contributed by atoms with Gasteiger partial charge in [0.1, 0.15) is 5.75 Å². The van der Waals surface area contributed by atoms with Gasteiger partial charge in [0.15, 0.2) is 11.6 Å². The fourth-order valence-corrected chi connectivity index (χ4v) is 7.35. The second-order valence-electron chi connectivity index (χ2n) is 15.7. The first kappa shape index (κ1) is 47.1. The quantitative estimate of drug-likeness (QED) is 0.0363. The molecule has 61 heavy (non-hydrogen) atoms. The molecule has 5 N–H and O–H groups in total. The summed E-state index contributed by atoms with van der Waals surface area (Å²) in [5.74, 6) is 1.12. The van der Waals surface area contributed by atoms with Crippen LogP contribution in [0.15, 0.2) is 67.0 Å². The Kier molecular flexibility index (Phi) is 19.9. The van der Waals surface area contributed by atoms with Crippen LogP contribution in [0.3, 0.4) is 0 Å². The van der Waals surface area contributed by atoms with E-state index in [0.29, 0.717) is 70.5 Å². The minimum Gasteiger partial charge on any atom is -0.494 e. The number of ether oxygens (including phenoxy) is 4. The number of aromatic nitrogens is 4. The van der Waals surface area contributed by atoms with Gasteiger partial charge in [-0.25, -0.2) is 4.98 Å². The largest absolute Gasteiger partial charge is 0.494 e. The van der Waals surface area contributed by atoms with E-state index in [1.165, 1.54) is 0 Å². The lowest BCUT2D eigenvalue weighted by Gasteiger charge is -2.40. The number of piperidine rings is 1. The molecule has 2 aromatic heterocycles. The maximum atomic E-state index is 13.8. The lowest BCUT2D eigenvalue weighted by molar-refractivity contribution is -0.137. The average Bonchev–Trinajstić information content (AvgIpc) is 3.78. The van der Waals surface area contributed by atoms with Crippen LogP contribution >= 0.6 is 0 Å². The zero-order valence-electron chi connectivity index (χ0n) is 35.9. The number of rotatable bonds is 29. The van der Waals surface area contributed by atoms with E-state index in [4.69, 9.17) is 29.0 Å². The van der Waals surface area contributed by atoms with E-state index in [1.807, 2.05) is 55.5 Å². The molecule has 0 saturated carbocycles. The third-order valence-electron chi connectivity index (χ3n) is 11.0. The number of aryl methyl sites for hydroxylation is 1. The number of unbranched alkanes of at least 4 members (excludes halogenated alkanes) is 5. The molecule has 5 rings (SSSR count). The summed E-state index contributed by atoms with van der Waals surface area (Å²) in [5, 5.41) is 33.4. The first-order chi connectivity index (χ1) is 29.8. The number of carbonyl (C=O) groups excluding carboxylic acids is 1. The van der Waals surface area contributed by atoms with E-state index < -0.39 is 17.6 Å². The van der Waals surface area contributed by atoms with Gasteiger partial charge in [0, 0.05) is 68.5 Å². The van der Waals surface area contributed by atoms with Gasteiger partial charge >= 0.3 is 5.97 Å². The van der Waals surface area contributed by atoms with Gasteiger partial charge in [-0.1, -0.05) is 25.0 Å². The number of anilines is 1. The van der Waals surface area contributed by atoms with Crippen molar-refractivity contribution in [1.29, 1.82) is 0 Å². The lowest BCUT2D eigenvalue weighted by atomic mass is 9.86. The van der Waals surface area contributed by atoms with Gasteiger partial charge in [0.25, 0.3) is 5.91 Å². The van der Waals surface area contributed by atoms with Crippen molar-refractivity contribution in [2.45, 2.75) is 89.1 Å². The molecule has 0 bridgehead atoms. The number of hydrogen-bond acceptors (Lipinski definition) is 12. The summed E-state index contributed by atoms with van der Waals surface area (Å²) >= 11 is 0. The SMILES string of the molecule is Cc1ccc(OCCCCCCOCCOCCOCCCCCC(=O)O)cc1[C@H](CCO)NC(=O)c1cccc(NC2(c3nc(-c4ccncc4)n[nH]3)CCN(C)CC2)c1. The minimum absolute atomic E-state index is 0.0850. The Morgan fingerprint density at radius 1 is 0.852 bits per heavy atom. The van der Waals surface area contributed by atoms with Crippen molar-refractivity contribution < 1.29 is 38.7 Å². The third-order valence-corrected chi connectivity index (χ3v) is 11.0. The number of nitrogens with zero attached hydrogens (tertiary/aromatic N) is 4. The summed E-state index contributed by atoms with van der Waals surface area (Å²) in [6.07, 6.45) is 12.0. The molecule has 1 saturated heterocycles. The number of carbonyl (C=O) groups is 2. The molecule has 3 heterocycles. The zero-order valence-corrected chi connectivity index (χ0v) is 35.9. The number of aliphatic carboxylic acids is 1. The first-order valence-corrected chi connectivity index (χ1v) is 21.8. The third kappa shape index (κ3) is 15.8. The number of amides is 1. The van der Waals surface area contributed by atoms with Crippen molar-refractivity contribution in [1.82, 2.24) is 30.4 Å². The number of hydrogen-bond donors (Lipinski definition) is 5. The molecule has 15 nitrogen and oxygen atoms in total. The molecule has 4 aromatic rings. The van der Waals surface area contributed by atoms with Crippen molar-refractivity contribution in [3.05, 3.63) is 89.5 Å². The van der Waals surface area contributed by atoms with Crippen molar-refractivity contribution in [3.8, 4) is 17.1 Å². The molecule has 1 aliphatic heterocycles. The van der Waals surface area contributed by atoms with Crippen LogP contribution in [0.1, 0.15) is 104 Å². The smallest absolute Gasteiger partial charge is 0.303 e. The normalized spacial score (nSPS) is 14.4. The van der Waals surface area contributed by atoms with Gasteiger partial charge in [-0.15, -0.1) is 0 Å². The number of carboxylic acids is 1. The number of benzene rings is 2. The van der Waals surface area contributed by atoms with Crippen molar-refractivity contribution in [2.24, 2.45) is 0 Å². The molecular weight excluding hydrogens is 779 g/mol. The van der Waals surface area contributed by atoms with Gasteiger partial charge in [-0.2, -0.15) is 5.10 Å². The molecule has 0 radical (unpaired) electrons. The molecule has 1 aliphatic rings. The monoisotopic (exact) mass is 843 g/mol. The Balaban J connectivity index is 1.04. The molecule has 0 unspecified atom stereocenters. The zero-order chi connectivity index (χ0) is 43.1. The summed E-state index contributed by atoms with van der Waals surface area (Å²) in [6.45, 7) is 7.68. The minimum atomic E-state index is -0.751. The molecule has 0 aliphatic carbocycles. The standard InChI is InChI=1S/C46H65N7O8/c1-35-14-15-39(61-28-9-4-3-7-26-58-29-31-60-32-30-59-27-8-5-6-13-42(55)56)34-40(35)41(18-25-54)48-44(57)37-11-10-12-38(33-37)50-46(19-23-53(2)24-20-46)45-49-43(51-52-45)36-16-21-47-22-17-36/h10-12,14-17,21-22,33-34,41,50,54H,3-9,13,18-20,23-32H2,1-2H3,(H,48,57)(H,55,56)(H,49,51,52)/t41-/m0/s1. The van der Waals surface area contributed by atoms with Crippen LogP contribution in [0.2, 0.25) is 0 Å². The lowest BCUT2D eigenvalue weighted by Crippen LogP contribution is -2.46. The highest BCUT2D eigenvalue weighted by atomic mass is 16.5. The van der Waals surface area contributed by atoms with Gasteiger partial charge in [-0.3, -0.25) is 19.7 Å². The number of H-pyrrole nitrogens is 1. The molecule has 1 amide bonds. The van der Waals surface area contributed by atoms with Crippen LogP contribution in [0.5, 0.6) is 5.75 Å². The van der Waals surface area contributed by atoms with Crippen LogP contribution in [0, 0.1) is 6.92 Å². The number of pyridine rings is 1. The average molecular weight is 844 g/mol. The summed E-state index contributed by atoms with van der Waals surface area (Å²) < 4.78 is 22.9. The van der Waals surface area contributed by atoms with Crippen molar-refractivity contribution in [3.63, 3.8) is 0 Å². The molecule has 15 heteroatoms. The summed E-state index contributed by atoms with van der Waals surface area (Å²) in [7, 11) is 2.12. The Hall–Kier alpha value is -4.93. The van der Waals surface area contributed by atoms with E-state index >= 15 is 0 Å². The molecule has 332 valence electrons. The Morgan fingerprint density at radius 3 is 2.21 bits per heavy atom. The first-order valence-electron chi connectivity index (χ1n) is 21.8. The molecule has 0 spiro atoms. The second kappa shape index (κ2) is 25.8.